The summed E-state index contributed by atoms with van der Waals surface area (Å²) in [6.45, 7) is 0. The van der Waals surface area contributed by atoms with E-state index in [0.717, 1.165) is 42.3 Å². The number of carbonyl (C=O) groups excluding carboxylic acids is 1. The zero-order valence-corrected chi connectivity index (χ0v) is 15.9. The van der Waals surface area contributed by atoms with Crippen molar-refractivity contribution in [1.82, 2.24) is 20.5 Å². The predicted molar refractivity (Wildman–Crippen MR) is 104 cm³/mol. The van der Waals surface area contributed by atoms with Crippen LogP contribution in [0.25, 0.3) is 10.8 Å². The molecule has 1 aliphatic carbocycles. The summed E-state index contributed by atoms with van der Waals surface area (Å²) in [6.07, 6.45) is -0.620. The number of nitrogens with zero attached hydrogens (tertiary/aromatic N) is 2. The molecule has 2 aromatic heterocycles. The second-order valence-electron chi connectivity index (χ2n) is 7.44. The highest BCUT2D eigenvalue weighted by molar-refractivity contribution is 5.94. The Morgan fingerprint density at radius 2 is 1.73 bits per heavy atom. The van der Waals surface area contributed by atoms with Gasteiger partial charge in [0.15, 0.2) is 0 Å². The highest BCUT2D eigenvalue weighted by Gasteiger charge is 2.32. The van der Waals surface area contributed by atoms with Gasteiger partial charge in [-0.05, 0) is 43.9 Å². The number of pyridine rings is 1. The Morgan fingerprint density at radius 1 is 1.03 bits per heavy atom. The average molecular weight is 416 g/mol. The zero-order chi connectivity index (χ0) is 21.3. The van der Waals surface area contributed by atoms with Crippen LogP contribution in [0.15, 0.2) is 47.4 Å². The second kappa shape index (κ2) is 7.89. The Bertz CT molecular complexity index is 1120. The average Bonchev–Trinajstić information content (AvgIpc) is 2.74. The molecule has 0 saturated heterocycles. The third kappa shape index (κ3) is 4.05. The molecular formula is C21H19F3N4O2. The van der Waals surface area contributed by atoms with Gasteiger partial charge in [0.1, 0.15) is 5.69 Å². The van der Waals surface area contributed by atoms with E-state index in [1.807, 2.05) is 18.2 Å². The van der Waals surface area contributed by atoms with Gasteiger partial charge in [0.05, 0.1) is 16.6 Å². The van der Waals surface area contributed by atoms with Crippen LogP contribution in [-0.4, -0.2) is 27.1 Å². The maximum absolute atomic E-state index is 12.6. The number of hydrogen-bond donors (Lipinski definition) is 2. The number of alkyl halides is 3. The predicted octanol–water partition coefficient (Wildman–Crippen LogP) is 3.79. The summed E-state index contributed by atoms with van der Waals surface area (Å²) in [7, 11) is 0. The smallest absolute Gasteiger partial charge is 0.349 e. The summed E-state index contributed by atoms with van der Waals surface area (Å²) in [5, 5.41) is 11.1. The van der Waals surface area contributed by atoms with Crippen LogP contribution in [0.1, 0.15) is 53.3 Å². The first kappa shape index (κ1) is 20.1. The van der Waals surface area contributed by atoms with Gasteiger partial charge >= 0.3 is 6.18 Å². The summed E-state index contributed by atoms with van der Waals surface area (Å²) >= 11 is 0. The minimum atomic E-state index is -4.53. The van der Waals surface area contributed by atoms with Crippen molar-refractivity contribution in [2.75, 3.05) is 0 Å². The summed E-state index contributed by atoms with van der Waals surface area (Å²) < 4.78 is 37.8. The minimum Gasteiger partial charge on any atom is -0.349 e. The molecular weight excluding hydrogens is 397 g/mol. The summed E-state index contributed by atoms with van der Waals surface area (Å²) in [6, 6.07) is 9.19. The van der Waals surface area contributed by atoms with Crippen molar-refractivity contribution in [3.05, 3.63) is 69.9 Å². The van der Waals surface area contributed by atoms with Gasteiger partial charge in [0, 0.05) is 23.5 Å². The highest BCUT2D eigenvalue weighted by atomic mass is 19.4. The first-order valence-corrected chi connectivity index (χ1v) is 9.64. The lowest BCUT2D eigenvalue weighted by atomic mass is 9.82. The number of aromatic nitrogens is 3. The standard InChI is InChI=1S/C21H19F3N4O2/c22-21(23,24)17-10-7-13(11-25-17)19(29)26-14-8-5-12(6-9-14)18-15-3-1-2-4-16(15)20(30)28-27-18/h1-4,7,10-12,14H,5-6,8-9H2,(H,26,29)(H,28,30). The number of H-pyrrole nitrogens is 1. The highest BCUT2D eigenvalue weighted by Crippen LogP contribution is 2.34. The monoisotopic (exact) mass is 416 g/mol. The van der Waals surface area contributed by atoms with E-state index in [4.69, 9.17) is 0 Å². The van der Waals surface area contributed by atoms with Gasteiger partial charge in [-0.1, -0.05) is 18.2 Å². The Balaban J connectivity index is 1.40. The van der Waals surface area contributed by atoms with Crippen molar-refractivity contribution in [1.29, 1.82) is 0 Å². The molecule has 1 aromatic carbocycles. The molecule has 3 aromatic rings. The number of benzene rings is 1. The number of halogens is 3. The molecule has 4 rings (SSSR count). The fourth-order valence-corrected chi connectivity index (χ4v) is 3.92. The third-order valence-corrected chi connectivity index (χ3v) is 5.49. The Labute approximate surface area is 169 Å². The van der Waals surface area contributed by atoms with Crippen LogP contribution in [0.4, 0.5) is 13.2 Å². The van der Waals surface area contributed by atoms with E-state index in [1.165, 1.54) is 0 Å². The molecule has 0 aliphatic heterocycles. The van der Waals surface area contributed by atoms with Crippen molar-refractivity contribution in [3.63, 3.8) is 0 Å². The van der Waals surface area contributed by atoms with Crippen molar-refractivity contribution in [3.8, 4) is 0 Å². The number of rotatable bonds is 3. The molecule has 1 aliphatic rings. The molecule has 6 nitrogen and oxygen atoms in total. The minimum absolute atomic E-state index is 0.0786. The molecule has 1 fully saturated rings. The number of aromatic amines is 1. The van der Waals surface area contributed by atoms with E-state index in [0.29, 0.717) is 18.2 Å². The van der Waals surface area contributed by atoms with Gasteiger partial charge in [0.2, 0.25) is 0 Å². The van der Waals surface area contributed by atoms with Gasteiger partial charge in [-0.15, -0.1) is 0 Å². The number of hydrogen-bond acceptors (Lipinski definition) is 4. The fourth-order valence-electron chi connectivity index (χ4n) is 3.92. The van der Waals surface area contributed by atoms with Gasteiger partial charge < -0.3 is 5.32 Å². The van der Waals surface area contributed by atoms with Crippen LogP contribution in [-0.2, 0) is 6.18 Å². The van der Waals surface area contributed by atoms with Crippen molar-refractivity contribution in [2.45, 2.75) is 43.8 Å². The van der Waals surface area contributed by atoms with Gasteiger partial charge in [-0.25, -0.2) is 5.10 Å². The number of carbonyl (C=O) groups is 1. The molecule has 1 saturated carbocycles. The van der Waals surface area contributed by atoms with Gasteiger partial charge in [0.25, 0.3) is 11.5 Å². The molecule has 0 bridgehead atoms. The molecule has 9 heteroatoms. The molecule has 0 radical (unpaired) electrons. The Hall–Kier alpha value is -3.23. The molecule has 1 amide bonds. The van der Waals surface area contributed by atoms with E-state index in [9.17, 15) is 22.8 Å². The van der Waals surface area contributed by atoms with Crippen LogP contribution >= 0.6 is 0 Å². The summed E-state index contributed by atoms with van der Waals surface area (Å²) in [4.78, 5) is 27.6. The van der Waals surface area contributed by atoms with E-state index < -0.39 is 17.8 Å². The van der Waals surface area contributed by atoms with E-state index >= 15 is 0 Å². The van der Waals surface area contributed by atoms with Gasteiger partial charge in [-0.3, -0.25) is 14.6 Å². The molecule has 2 heterocycles. The first-order chi connectivity index (χ1) is 14.3. The largest absolute Gasteiger partial charge is 0.433 e. The molecule has 156 valence electrons. The first-order valence-electron chi connectivity index (χ1n) is 9.64. The van der Waals surface area contributed by atoms with Crippen LogP contribution in [0.2, 0.25) is 0 Å². The maximum atomic E-state index is 12.6. The second-order valence-corrected chi connectivity index (χ2v) is 7.44. The molecule has 30 heavy (non-hydrogen) atoms. The summed E-state index contributed by atoms with van der Waals surface area (Å²) in [5.41, 5.74) is -0.305. The van der Waals surface area contributed by atoms with Gasteiger partial charge in [-0.2, -0.15) is 18.3 Å². The number of fused-ring (bicyclic) bond motifs is 1. The lowest BCUT2D eigenvalue weighted by Crippen LogP contribution is -2.37. The number of nitrogens with one attached hydrogen (secondary N) is 2. The van der Waals surface area contributed by atoms with E-state index in [2.05, 4.69) is 20.5 Å². The van der Waals surface area contributed by atoms with Crippen molar-refractivity contribution >= 4 is 16.7 Å². The molecule has 0 unspecified atom stereocenters. The Kier molecular flexibility index (Phi) is 5.27. The van der Waals surface area contributed by atoms with Crippen molar-refractivity contribution in [2.24, 2.45) is 0 Å². The zero-order valence-electron chi connectivity index (χ0n) is 15.9. The SMILES string of the molecule is O=C(NC1CCC(c2n[nH]c(=O)c3ccccc23)CC1)c1ccc(C(F)(F)F)nc1. The quantitative estimate of drug-likeness (QED) is 0.680. The lowest BCUT2D eigenvalue weighted by molar-refractivity contribution is -0.141. The number of amides is 1. The van der Waals surface area contributed by atoms with E-state index in [-0.39, 0.29) is 23.1 Å². The Morgan fingerprint density at radius 3 is 2.37 bits per heavy atom. The molecule has 0 atom stereocenters. The van der Waals surface area contributed by atoms with Crippen LogP contribution < -0.4 is 10.9 Å². The fraction of sp³-hybridized carbons (Fsp3) is 0.333. The third-order valence-electron chi connectivity index (χ3n) is 5.49. The van der Waals surface area contributed by atoms with E-state index in [1.54, 1.807) is 6.07 Å². The maximum Gasteiger partial charge on any atom is 0.433 e. The summed E-state index contributed by atoms with van der Waals surface area (Å²) in [5.74, 6) is -0.278. The molecule has 2 N–H and O–H groups in total. The van der Waals surface area contributed by atoms with Crippen molar-refractivity contribution < 1.29 is 18.0 Å². The normalized spacial score (nSPS) is 19.6. The topological polar surface area (TPSA) is 87.7 Å². The van der Waals surface area contributed by atoms with Crippen LogP contribution in [0.3, 0.4) is 0 Å². The van der Waals surface area contributed by atoms with Crippen LogP contribution in [0, 0.1) is 0 Å². The van der Waals surface area contributed by atoms with Crippen LogP contribution in [0.5, 0.6) is 0 Å². The molecule has 0 spiro atoms. The lowest BCUT2D eigenvalue weighted by Gasteiger charge is -2.29.